The van der Waals surface area contributed by atoms with Crippen molar-refractivity contribution in [1.82, 2.24) is 0 Å². The van der Waals surface area contributed by atoms with Crippen molar-refractivity contribution in [2.75, 3.05) is 0 Å². The highest BCUT2D eigenvalue weighted by molar-refractivity contribution is 5.82. The van der Waals surface area contributed by atoms with E-state index in [9.17, 15) is 0 Å². The topological polar surface area (TPSA) is 0 Å². The second-order valence-electron chi connectivity index (χ2n) is 11.5. The van der Waals surface area contributed by atoms with Gasteiger partial charge in [-0.05, 0) is 95.2 Å². The minimum atomic E-state index is 0.282. The van der Waals surface area contributed by atoms with Crippen LogP contribution in [0.5, 0.6) is 0 Å². The van der Waals surface area contributed by atoms with Gasteiger partial charge in [-0.1, -0.05) is 130 Å². The van der Waals surface area contributed by atoms with E-state index in [0.717, 1.165) is 37.7 Å². The van der Waals surface area contributed by atoms with Gasteiger partial charge >= 0.3 is 0 Å². The summed E-state index contributed by atoms with van der Waals surface area (Å²) in [5.41, 5.74) is 17.4. The summed E-state index contributed by atoms with van der Waals surface area (Å²) in [5.74, 6) is 0.585. The van der Waals surface area contributed by atoms with Gasteiger partial charge in [0.15, 0.2) is 0 Å². The number of hydrogen-bond donors (Lipinski definition) is 0. The van der Waals surface area contributed by atoms with E-state index in [4.69, 9.17) is 6.58 Å². The quantitative estimate of drug-likeness (QED) is 0.331. The van der Waals surface area contributed by atoms with E-state index in [1.54, 1.807) is 0 Å². The Morgan fingerprint density at radius 3 is 2.44 bits per heavy atom. The standard InChI is InChI=1S/C39H42/c1-8-13-26(5)37-27(6)20-34-24-33(28(7)38(34)39(37)31-14-11-10-12-15-31)22-30-16-18-32(21-30)35-19-17-29(9-2)23-36(35)25(3)4/h10-12,14-20,22-23,38-39H,3,5,7-9,13,21,24H2,1-2,4,6H3. The average molecular weight is 511 g/mol. The molecular weight excluding hydrogens is 468 g/mol. The minimum absolute atomic E-state index is 0.282. The van der Waals surface area contributed by atoms with Crippen LogP contribution in [0.2, 0.25) is 0 Å². The molecule has 198 valence electrons. The van der Waals surface area contributed by atoms with Crippen molar-refractivity contribution in [3.05, 3.63) is 154 Å². The Morgan fingerprint density at radius 2 is 1.74 bits per heavy atom. The minimum Gasteiger partial charge on any atom is -0.0955 e. The lowest BCUT2D eigenvalue weighted by atomic mass is 9.69. The van der Waals surface area contributed by atoms with Crippen LogP contribution in [0.1, 0.15) is 81.5 Å². The first-order valence-electron chi connectivity index (χ1n) is 14.5. The molecule has 2 unspecified atom stereocenters. The Bertz CT molecular complexity index is 1490. The van der Waals surface area contributed by atoms with E-state index >= 15 is 0 Å². The molecular formula is C39H42. The largest absolute Gasteiger partial charge is 0.0955 e. The van der Waals surface area contributed by atoms with Crippen LogP contribution in [0.25, 0.3) is 11.1 Å². The Labute approximate surface area is 236 Å². The summed E-state index contributed by atoms with van der Waals surface area (Å²) < 4.78 is 0. The van der Waals surface area contributed by atoms with E-state index in [-0.39, 0.29) is 5.92 Å². The van der Waals surface area contributed by atoms with Crippen LogP contribution in [0.3, 0.4) is 0 Å². The van der Waals surface area contributed by atoms with Crippen LogP contribution in [0.15, 0.2) is 132 Å². The van der Waals surface area contributed by atoms with E-state index < -0.39 is 0 Å². The first-order valence-corrected chi connectivity index (χ1v) is 14.5. The normalized spacial score (nSPS) is 21.6. The molecule has 0 aliphatic heterocycles. The van der Waals surface area contributed by atoms with Crippen molar-refractivity contribution in [3.63, 3.8) is 0 Å². The molecule has 0 spiro atoms. The predicted molar refractivity (Wildman–Crippen MR) is 171 cm³/mol. The van der Waals surface area contributed by atoms with Crippen LogP contribution in [0.4, 0.5) is 0 Å². The van der Waals surface area contributed by atoms with Crippen LogP contribution in [-0.2, 0) is 6.42 Å². The van der Waals surface area contributed by atoms with Gasteiger partial charge in [-0.3, -0.25) is 0 Å². The number of fused-ring (bicyclic) bond motifs is 1. The van der Waals surface area contributed by atoms with Gasteiger partial charge in [0.1, 0.15) is 0 Å². The highest BCUT2D eigenvalue weighted by Crippen LogP contribution is 2.55. The molecule has 2 aromatic rings. The van der Waals surface area contributed by atoms with Crippen LogP contribution < -0.4 is 0 Å². The fraction of sp³-hybridized carbons (Fsp3) is 0.282. The molecule has 0 saturated heterocycles. The van der Waals surface area contributed by atoms with E-state index in [0.29, 0.717) is 5.92 Å². The van der Waals surface area contributed by atoms with Crippen molar-refractivity contribution in [2.45, 2.75) is 65.7 Å². The summed E-state index contributed by atoms with van der Waals surface area (Å²) in [6.07, 6.45) is 14.6. The molecule has 1 saturated carbocycles. The van der Waals surface area contributed by atoms with Gasteiger partial charge in [0, 0.05) is 11.8 Å². The zero-order valence-corrected chi connectivity index (χ0v) is 24.2. The van der Waals surface area contributed by atoms with E-state index in [1.807, 2.05) is 0 Å². The van der Waals surface area contributed by atoms with Crippen molar-refractivity contribution >= 4 is 11.1 Å². The van der Waals surface area contributed by atoms with Crippen LogP contribution >= 0.6 is 0 Å². The highest BCUT2D eigenvalue weighted by Gasteiger charge is 2.40. The second kappa shape index (κ2) is 11.2. The summed E-state index contributed by atoms with van der Waals surface area (Å²) in [5, 5.41) is 0. The summed E-state index contributed by atoms with van der Waals surface area (Å²) >= 11 is 0. The zero-order valence-electron chi connectivity index (χ0n) is 24.2. The SMILES string of the molecule is C=C(CCC)C1=C(C)C=C2CC(=CC3=CC=C(c4ccc(CC)cc4C(=C)C)C3)C(=C)C2C1c1ccccc1. The van der Waals surface area contributed by atoms with Gasteiger partial charge in [-0.15, -0.1) is 0 Å². The maximum atomic E-state index is 4.72. The lowest BCUT2D eigenvalue weighted by Crippen LogP contribution is -2.21. The van der Waals surface area contributed by atoms with Gasteiger partial charge in [-0.2, -0.15) is 0 Å². The molecule has 5 rings (SSSR count). The molecule has 1 fully saturated rings. The number of benzene rings is 2. The molecule has 3 aliphatic rings. The molecule has 3 aliphatic carbocycles. The van der Waals surface area contributed by atoms with Gasteiger partial charge in [0.2, 0.25) is 0 Å². The summed E-state index contributed by atoms with van der Waals surface area (Å²) in [6.45, 7) is 22.4. The van der Waals surface area contributed by atoms with E-state index in [1.165, 1.54) is 66.8 Å². The third kappa shape index (κ3) is 5.18. The summed E-state index contributed by atoms with van der Waals surface area (Å²) in [6, 6.07) is 17.9. The molecule has 2 atom stereocenters. The van der Waals surface area contributed by atoms with Gasteiger partial charge in [0.05, 0.1) is 0 Å². The highest BCUT2D eigenvalue weighted by atomic mass is 14.4. The van der Waals surface area contributed by atoms with Crippen molar-refractivity contribution < 1.29 is 0 Å². The van der Waals surface area contributed by atoms with Crippen molar-refractivity contribution in [1.29, 1.82) is 0 Å². The molecule has 0 radical (unpaired) electrons. The molecule has 2 aromatic carbocycles. The molecule has 0 heteroatoms. The monoisotopic (exact) mass is 510 g/mol. The average Bonchev–Trinajstić information content (AvgIpc) is 3.52. The van der Waals surface area contributed by atoms with Crippen LogP contribution in [0, 0.1) is 5.92 Å². The molecule has 0 heterocycles. The third-order valence-electron chi connectivity index (χ3n) is 8.70. The zero-order chi connectivity index (χ0) is 27.7. The van der Waals surface area contributed by atoms with Gasteiger partial charge in [-0.25, -0.2) is 0 Å². The first kappa shape index (κ1) is 26.9. The third-order valence-corrected chi connectivity index (χ3v) is 8.70. The van der Waals surface area contributed by atoms with Crippen LogP contribution in [-0.4, -0.2) is 0 Å². The molecule has 0 amide bonds. The molecule has 0 N–H and O–H groups in total. The molecule has 0 aromatic heterocycles. The lowest BCUT2D eigenvalue weighted by Gasteiger charge is -2.34. The summed E-state index contributed by atoms with van der Waals surface area (Å²) in [4.78, 5) is 0. The molecule has 0 nitrogen and oxygen atoms in total. The number of hydrogen-bond acceptors (Lipinski definition) is 0. The Kier molecular flexibility index (Phi) is 7.76. The fourth-order valence-corrected chi connectivity index (χ4v) is 6.79. The first-order chi connectivity index (χ1) is 18.8. The fourth-order valence-electron chi connectivity index (χ4n) is 6.79. The maximum absolute atomic E-state index is 4.72. The van der Waals surface area contributed by atoms with Crippen molar-refractivity contribution in [3.8, 4) is 0 Å². The van der Waals surface area contributed by atoms with Gasteiger partial charge in [0.25, 0.3) is 0 Å². The maximum Gasteiger partial charge on any atom is 0.0201 e. The number of rotatable bonds is 8. The molecule has 0 bridgehead atoms. The number of allylic oxidation sites excluding steroid dienone is 13. The summed E-state index contributed by atoms with van der Waals surface area (Å²) in [7, 11) is 0. The Hall–Kier alpha value is -3.64. The Balaban J connectivity index is 1.43. The van der Waals surface area contributed by atoms with Gasteiger partial charge < -0.3 is 0 Å². The van der Waals surface area contributed by atoms with Crippen molar-refractivity contribution in [2.24, 2.45) is 5.92 Å². The predicted octanol–water partition coefficient (Wildman–Crippen LogP) is 10.9. The number of aryl methyl sites for hydroxylation is 1. The second-order valence-corrected chi connectivity index (χ2v) is 11.5. The van der Waals surface area contributed by atoms with E-state index in [2.05, 4.69) is 114 Å². The molecule has 39 heavy (non-hydrogen) atoms. The Morgan fingerprint density at radius 1 is 0.974 bits per heavy atom. The smallest absolute Gasteiger partial charge is 0.0201 e. The lowest BCUT2D eigenvalue weighted by molar-refractivity contribution is 0.619.